The molecule has 2 aliphatic rings. The Kier molecular flexibility index (Phi) is 5.21. The predicted molar refractivity (Wildman–Crippen MR) is 74.1 cm³/mol. The Balaban J connectivity index is 1.85. The van der Waals surface area contributed by atoms with Crippen LogP contribution in [-0.4, -0.2) is 29.4 Å². The average molecular weight is 263 g/mol. The van der Waals surface area contributed by atoms with E-state index in [2.05, 4.69) is 6.07 Å². The second-order valence-electron chi connectivity index (χ2n) is 5.99. The molecular formula is C15H25N3O. The zero-order chi connectivity index (χ0) is 13.7. The normalized spacial score (nSPS) is 26.7. The van der Waals surface area contributed by atoms with Crippen molar-refractivity contribution in [2.75, 3.05) is 6.54 Å². The molecule has 0 aromatic rings. The van der Waals surface area contributed by atoms with Crippen LogP contribution in [-0.2, 0) is 4.79 Å². The zero-order valence-electron chi connectivity index (χ0n) is 11.7. The summed E-state index contributed by atoms with van der Waals surface area (Å²) in [5, 5.41) is 9.03. The fraction of sp³-hybridized carbons (Fsp3) is 0.867. The Hall–Kier alpha value is -1.08. The number of likely N-dealkylation sites (tertiary alicyclic amines) is 1. The van der Waals surface area contributed by atoms with Gasteiger partial charge >= 0.3 is 0 Å². The van der Waals surface area contributed by atoms with Crippen molar-refractivity contribution in [3.05, 3.63) is 0 Å². The number of rotatable bonds is 3. The molecule has 1 unspecified atom stereocenters. The van der Waals surface area contributed by atoms with E-state index in [0.29, 0.717) is 12.3 Å². The lowest BCUT2D eigenvalue weighted by molar-refractivity contribution is -0.131. The number of hydrogen-bond acceptors (Lipinski definition) is 3. The minimum atomic E-state index is -0.214. The molecule has 0 aromatic carbocycles. The Morgan fingerprint density at radius 1 is 1.21 bits per heavy atom. The number of hydrogen-bond donors (Lipinski definition) is 1. The first-order valence-corrected chi connectivity index (χ1v) is 7.67. The summed E-state index contributed by atoms with van der Waals surface area (Å²) in [6.45, 7) is 0.731. The lowest BCUT2D eigenvalue weighted by Crippen LogP contribution is -2.40. The van der Waals surface area contributed by atoms with E-state index in [9.17, 15) is 4.79 Å². The van der Waals surface area contributed by atoms with Gasteiger partial charge in [-0.2, -0.15) is 5.26 Å². The van der Waals surface area contributed by atoms with Crippen LogP contribution in [0.4, 0.5) is 0 Å². The van der Waals surface area contributed by atoms with Crippen molar-refractivity contribution in [3.8, 4) is 6.07 Å². The maximum Gasteiger partial charge on any atom is 0.225 e. The molecule has 2 atom stereocenters. The maximum absolute atomic E-state index is 12.2. The highest BCUT2D eigenvalue weighted by Crippen LogP contribution is 2.27. The Morgan fingerprint density at radius 2 is 1.89 bits per heavy atom. The Labute approximate surface area is 115 Å². The summed E-state index contributed by atoms with van der Waals surface area (Å²) in [7, 11) is 0. The molecule has 4 nitrogen and oxygen atoms in total. The number of nitriles is 1. The minimum Gasteiger partial charge on any atom is -0.327 e. The first kappa shape index (κ1) is 14.3. The molecule has 0 bridgehead atoms. The second-order valence-corrected chi connectivity index (χ2v) is 5.99. The molecule has 1 saturated carbocycles. The van der Waals surface area contributed by atoms with Gasteiger partial charge < -0.3 is 10.6 Å². The predicted octanol–water partition coefficient (Wildman–Crippen LogP) is 2.19. The summed E-state index contributed by atoms with van der Waals surface area (Å²) in [6, 6.07) is 1.99. The van der Waals surface area contributed by atoms with Crippen molar-refractivity contribution in [2.45, 2.75) is 69.9 Å². The fourth-order valence-corrected chi connectivity index (χ4v) is 3.42. The van der Waals surface area contributed by atoms with E-state index < -0.39 is 0 Å². The van der Waals surface area contributed by atoms with Crippen LogP contribution in [0, 0.1) is 17.2 Å². The highest BCUT2D eigenvalue weighted by atomic mass is 16.2. The van der Waals surface area contributed by atoms with Gasteiger partial charge in [0, 0.05) is 19.0 Å². The topological polar surface area (TPSA) is 70.1 Å². The fourth-order valence-electron chi connectivity index (χ4n) is 3.42. The molecule has 0 aromatic heterocycles. The van der Waals surface area contributed by atoms with Crippen molar-refractivity contribution in [1.29, 1.82) is 5.26 Å². The van der Waals surface area contributed by atoms with Crippen molar-refractivity contribution >= 4 is 5.91 Å². The van der Waals surface area contributed by atoms with E-state index in [1.54, 1.807) is 4.90 Å². The number of nitrogens with two attached hydrogens (primary N) is 1. The van der Waals surface area contributed by atoms with Crippen molar-refractivity contribution in [1.82, 2.24) is 4.90 Å². The van der Waals surface area contributed by atoms with Crippen molar-refractivity contribution < 1.29 is 4.79 Å². The second kappa shape index (κ2) is 6.91. The Morgan fingerprint density at radius 3 is 2.53 bits per heavy atom. The monoisotopic (exact) mass is 263 g/mol. The van der Waals surface area contributed by atoms with Crippen molar-refractivity contribution in [2.24, 2.45) is 11.7 Å². The molecule has 1 aliphatic carbocycles. The van der Waals surface area contributed by atoms with Gasteiger partial charge in [-0.3, -0.25) is 4.79 Å². The average Bonchev–Trinajstić information content (AvgIpc) is 2.72. The molecule has 4 heteroatoms. The molecular weight excluding hydrogens is 238 g/mol. The molecule has 1 heterocycles. The van der Waals surface area contributed by atoms with Crippen LogP contribution in [0.3, 0.4) is 0 Å². The lowest BCUT2D eigenvalue weighted by Gasteiger charge is -2.25. The van der Waals surface area contributed by atoms with E-state index in [1.807, 2.05) is 0 Å². The van der Waals surface area contributed by atoms with Gasteiger partial charge in [0.15, 0.2) is 0 Å². The SMILES string of the molecule is N#C[C@@H]1CCCN1C(=O)CC(N)C1CCCCCC1. The molecule has 0 radical (unpaired) electrons. The number of amides is 1. The van der Waals surface area contributed by atoms with Crippen LogP contribution in [0.25, 0.3) is 0 Å². The molecule has 2 N–H and O–H groups in total. The molecule has 1 amide bonds. The highest BCUT2D eigenvalue weighted by molar-refractivity contribution is 5.77. The van der Waals surface area contributed by atoms with Gasteiger partial charge in [-0.25, -0.2) is 0 Å². The molecule has 2 fully saturated rings. The molecule has 0 spiro atoms. The Bertz CT molecular complexity index is 342. The zero-order valence-corrected chi connectivity index (χ0v) is 11.7. The molecule has 1 saturated heterocycles. The summed E-state index contributed by atoms with van der Waals surface area (Å²) in [5.74, 6) is 0.579. The van der Waals surface area contributed by atoms with Crippen LogP contribution >= 0.6 is 0 Å². The summed E-state index contributed by atoms with van der Waals surface area (Å²) in [4.78, 5) is 14.0. The number of nitrogens with zero attached hydrogens (tertiary/aromatic N) is 2. The standard InChI is InChI=1S/C15H25N3O/c16-11-13-8-5-9-18(13)15(19)10-14(17)12-6-3-1-2-4-7-12/h12-14H,1-10,17H2/t13-,14?/m0/s1. The van der Waals surface area contributed by atoms with E-state index >= 15 is 0 Å². The van der Waals surface area contributed by atoms with Gasteiger partial charge in [0.25, 0.3) is 0 Å². The summed E-state index contributed by atoms with van der Waals surface area (Å²) in [6.07, 6.45) is 9.62. The summed E-state index contributed by atoms with van der Waals surface area (Å²) < 4.78 is 0. The highest BCUT2D eigenvalue weighted by Gasteiger charge is 2.30. The first-order valence-electron chi connectivity index (χ1n) is 7.67. The van der Waals surface area contributed by atoms with E-state index in [0.717, 1.165) is 32.2 Å². The van der Waals surface area contributed by atoms with Gasteiger partial charge in [0.1, 0.15) is 6.04 Å². The molecule has 1 aliphatic heterocycles. The van der Waals surface area contributed by atoms with Gasteiger partial charge in [-0.05, 0) is 31.6 Å². The largest absolute Gasteiger partial charge is 0.327 e. The number of carbonyl (C=O) groups excluding carboxylic acids is 1. The van der Waals surface area contributed by atoms with Crippen LogP contribution in [0.1, 0.15) is 57.8 Å². The van der Waals surface area contributed by atoms with E-state index in [4.69, 9.17) is 11.0 Å². The third-order valence-corrected chi connectivity index (χ3v) is 4.64. The van der Waals surface area contributed by atoms with E-state index in [1.165, 1.54) is 25.7 Å². The molecule has 106 valence electrons. The maximum atomic E-state index is 12.2. The van der Waals surface area contributed by atoms with Crippen molar-refractivity contribution in [3.63, 3.8) is 0 Å². The van der Waals surface area contributed by atoms with Gasteiger partial charge in [-0.15, -0.1) is 0 Å². The summed E-state index contributed by atoms with van der Waals surface area (Å²) >= 11 is 0. The van der Waals surface area contributed by atoms with Gasteiger partial charge in [-0.1, -0.05) is 25.7 Å². The first-order chi connectivity index (χ1) is 9.22. The third-order valence-electron chi connectivity index (χ3n) is 4.64. The van der Waals surface area contributed by atoms with Crippen LogP contribution < -0.4 is 5.73 Å². The van der Waals surface area contributed by atoms with Gasteiger partial charge in [0.05, 0.1) is 6.07 Å². The lowest BCUT2D eigenvalue weighted by atomic mass is 9.90. The molecule has 2 rings (SSSR count). The number of carbonyl (C=O) groups is 1. The van der Waals surface area contributed by atoms with Crippen LogP contribution in [0.5, 0.6) is 0 Å². The quantitative estimate of drug-likeness (QED) is 0.793. The van der Waals surface area contributed by atoms with Crippen LogP contribution in [0.2, 0.25) is 0 Å². The summed E-state index contributed by atoms with van der Waals surface area (Å²) in [5.41, 5.74) is 6.24. The smallest absolute Gasteiger partial charge is 0.225 e. The molecule has 19 heavy (non-hydrogen) atoms. The third kappa shape index (κ3) is 3.70. The van der Waals surface area contributed by atoms with Gasteiger partial charge in [0.2, 0.25) is 5.91 Å². The minimum absolute atomic E-state index is 0.0226. The van der Waals surface area contributed by atoms with E-state index in [-0.39, 0.29) is 18.0 Å². The van der Waals surface area contributed by atoms with Crippen LogP contribution in [0.15, 0.2) is 0 Å².